The maximum atomic E-state index is 13.1. The number of sulfonamides is 1. The molecule has 0 aromatic carbocycles. The predicted molar refractivity (Wildman–Crippen MR) is 116 cm³/mol. The fourth-order valence-corrected chi connectivity index (χ4v) is 4.10. The van der Waals surface area contributed by atoms with Gasteiger partial charge in [0.1, 0.15) is 11.4 Å². The highest BCUT2D eigenvalue weighted by molar-refractivity contribution is 9.10. The first-order valence-electron chi connectivity index (χ1n) is 8.98. The molecule has 0 bridgehead atoms. The Morgan fingerprint density at radius 1 is 1.19 bits per heavy atom. The van der Waals surface area contributed by atoms with Gasteiger partial charge in [0.25, 0.3) is 0 Å². The molecule has 166 valence electrons. The van der Waals surface area contributed by atoms with E-state index >= 15 is 0 Å². The second-order valence-electron chi connectivity index (χ2n) is 6.62. The monoisotopic (exact) mass is 512 g/mol. The molecule has 0 aliphatic rings. The number of hydrogen-bond acceptors (Lipinski definition) is 8. The fraction of sp³-hybridized carbons (Fsp3) is 0.316. The minimum absolute atomic E-state index is 0.0590. The smallest absolute Gasteiger partial charge is 0.307 e. The molecule has 1 amide bonds. The zero-order valence-corrected chi connectivity index (χ0v) is 19.9. The summed E-state index contributed by atoms with van der Waals surface area (Å²) in [6.45, 7) is 4.04. The van der Waals surface area contributed by atoms with Gasteiger partial charge in [-0.15, -0.1) is 0 Å². The second kappa shape index (κ2) is 8.71. The van der Waals surface area contributed by atoms with Crippen molar-refractivity contribution in [2.75, 3.05) is 24.8 Å². The molecule has 0 spiro atoms. The van der Waals surface area contributed by atoms with Crippen LogP contribution in [0.4, 0.5) is 5.69 Å². The van der Waals surface area contributed by atoms with Gasteiger partial charge in [0, 0.05) is 6.07 Å². The van der Waals surface area contributed by atoms with Crippen LogP contribution >= 0.6 is 15.9 Å². The molecule has 0 radical (unpaired) electrons. The molecular weight excluding hydrogens is 492 g/mol. The van der Waals surface area contributed by atoms with Gasteiger partial charge in [-0.2, -0.15) is 14.4 Å². The Labute approximate surface area is 187 Å². The summed E-state index contributed by atoms with van der Waals surface area (Å²) in [6.07, 6.45) is 0.909. The minimum atomic E-state index is -4.04. The summed E-state index contributed by atoms with van der Waals surface area (Å²) in [5.41, 5.74) is 1.66. The van der Waals surface area contributed by atoms with Crippen molar-refractivity contribution in [1.29, 1.82) is 0 Å². The molecule has 3 rings (SSSR count). The Morgan fingerprint density at radius 3 is 2.45 bits per heavy atom. The zero-order chi connectivity index (χ0) is 22.9. The number of ether oxygens (including phenoxy) is 2. The van der Waals surface area contributed by atoms with Crippen molar-refractivity contribution in [2.24, 2.45) is 0 Å². The number of furan rings is 1. The summed E-state index contributed by atoms with van der Waals surface area (Å²) >= 11 is 3.46. The average Bonchev–Trinajstić information content (AvgIpc) is 3.28. The molecule has 0 fully saturated rings. The number of pyridine rings is 1. The molecule has 31 heavy (non-hydrogen) atoms. The third kappa shape index (κ3) is 4.59. The molecule has 0 N–H and O–H groups in total. The molecule has 10 nitrogen and oxygen atoms in total. The first-order chi connectivity index (χ1) is 14.6. The van der Waals surface area contributed by atoms with Gasteiger partial charge in [-0.1, -0.05) is 0 Å². The Kier molecular flexibility index (Phi) is 6.41. The van der Waals surface area contributed by atoms with Crippen molar-refractivity contribution in [1.82, 2.24) is 14.8 Å². The lowest BCUT2D eigenvalue weighted by molar-refractivity contribution is 0.0976. The Hall–Kier alpha value is -2.86. The van der Waals surface area contributed by atoms with E-state index in [2.05, 4.69) is 26.0 Å². The lowest BCUT2D eigenvalue weighted by Gasteiger charge is -2.21. The van der Waals surface area contributed by atoms with Crippen molar-refractivity contribution in [2.45, 2.75) is 20.4 Å². The van der Waals surface area contributed by atoms with E-state index in [1.54, 1.807) is 10.7 Å². The van der Waals surface area contributed by atoms with E-state index in [1.807, 2.05) is 13.8 Å². The number of rotatable bonds is 7. The number of aromatic nitrogens is 3. The van der Waals surface area contributed by atoms with Crippen molar-refractivity contribution >= 4 is 37.5 Å². The third-order valence-electron chi connectivity index (χ3n) is 4.42. The molecule has 3 heterocycles. The van der Waals surface area contributed by atoms with Gasteiger partial charge in [-0.05, 0) is 48.0 Å². The molecule has 0 atom stereocenters. The van der Waals surface area contributed by atoms with Crippen LogP contribution in [0.2, 0.25) is 0 Å². The van der Waals surface area contributed by atoms with E-state index in [0.29, 0.717) is 10.1 Å². The molecule has 0 saturated heterocycles. The van der Waals surface area contributed by atoms with E-state index < -0.39 is 15.9 Å². The molecule has 0 saturated carbocycles. The Bertz CT molecular complexity index is 1230. The average molecular weight is 513 g/mol. The summed E-state index contributed by atoms with van der Waals surface area (Å²) < 4.78 is 44.0. The summed E-state index contributed by atoms with van der Waals surface area (Å²) in [6, 6.07) is 5.82. The molecule has 0 aliphatic heterocycles. The van der Waals surface area contributed by atoms with Crippen LogP contribution in [0.1, 0.15) is 27.7 Å². The highest BCUT2D eigenvalue weighted by Gasteiger charge is 2.32. The number of aryl methyl sites for hydroxylation is 1. The molecular formula is C19H21BrN4O6S. The molecule has 3 aromatic heterocycles. The number of amides is 1. The van der Waals surface area contributed by atoms with Gasteiger partial charge in [0.15, 0.2) is 5.76 Å². The fourth-order valence-electron chi connectivity index (χ4n) is 2.93. The molecule has 12 heteroatoms. The van der Waals surface area contributed by atoms with E-state index in [9.17, 15) is 13.2 Å². The molecule has 0 aliphatic carbocycles. The maximum absolute atomic E-state index is 13.1. The first-order valence-corrected chi connectivity index (χ1v) is 11.6. The third-order valence-corrected chi connectivity index (χ3v) is 6.60. The lowest BCUT2D eigenvalue weighted by Crippen LogP contribution is -2.36. The van der Waals surface area contributed by atoms with Gasteiger partial charge in [0.05, 0.1) is 42.9 Å². The number of anilines is 1. The quantitative estimate of drug-likeness (QED) is 0.474. The van der Waals surface area contributed by atoms with Gasteiger partial charge >= 0.3 is 5.91 Å². The van der Waals surface area contributed by atoms with Crippen molar-refractivity contribution in [3.63, 3.8) is 0 Å². The van der Waals surface area contributed by atoms with Crippen LogP contribution in [0.5, 0.6) is 11.8 Å². The predicted octanol–water partition coefficient (Wildman–Crippen LogP) is 2.92. The number of hydrogen-bond donors (Lipinski definition) is 0. The van der Waals surface area contributed by atoms with Crippen LogP contribution in [-0.2, 0) is 16.6 Å². The van der Waals surface area contributed by atoms with Crippen LogP contribution in [0.15, 0.2) is 33.2 Å². The topological polar surface area (TPSA) is 117 Å². The SMILES string of the molecule is COc1ccc(N(C(=O)c2ccc(Cn3nc(C)c(Br)c3C)o2)S(C)(=O)=O)c(OC)n1. The summed E-state index contributed by atoms with van der Waals surface area (Å²) in [5, 5.41) is 4.40. The normalized spacial score (nSPS) is 11.4. The van der Waals surface area contributed by atoms with E-state index in [0.717, 1.165) is 22.1 Å². The largest absolute Gasteiger partial charge is 0.481 e. The number of carbonyl (C=O) groups is 1. The van der Waals surface area contributed by atoms with Crippen molar-refractivity contribution < 1.29 is 27.1 Å². The van der Waals surface area contributed by atoms with Gasteiger partial charge < -0.3 is 13.9 Å². The Morgan fingerprint density at radius 2 is 1.90 bits per heavy atom. The second-order valence-corrected chi connectivity index (χ2v) is 9.25. The summed E-state index contributed by atoms with van der Waals surface area (Å²) in [7, 11) is -1.31. The zero-order valence-electron chi connectivity index (χ0n) is 17.5. The van der Waals surface area contributed by atoms with Crippen LogP contribution in [-0.4, -0.2) is 49.6 Å². The highest BCUT2D eigenvalue weighted by atomic mass is 79.9. The van der Waals surface area contributed by atoms with Crippen LogP contribution in [0.3, 0.4) is 0 Å². The number of halogens is 1. The van der Waals surface area contributed by atoms with Crippen LogP contribution in [0.25, 0.3) is 0 Å². The Balaban J connectivity index is 1.96. The van der Waals surface area contributed by atoms with Crippen molar-refractivity contribution in [3.8, 4) is 11.8 Å². The van der Waals surface area contributed by atoms with Crippen LogP contribution < -0.4 is 13.8 Å². The standard InChI is InChI=1S/C19H21BrN4O6S/c1-11-17(20)12(2)23(22-11)10-13-6-8-15(30-13)19(25)24(31(5,26)27)14-7-9-16(28-3)21-18(14)29-4/h6-9H,10H2,1-5H3. The minimum Gasteiger partial charge on any atom is -0.481 e. The van der Waals surface area contributed by atoms with Crippen LogP contribution in [0, 0.1) is 13.8 Å². The van der Waals surface area contributed by atoms with Gasteiger partial charge in [0.2, 0.25) is 21.8 Å². The maximum Gasteiger partial charge on any atom is 0.307 e. The lowest BCUT2D eigenvalue weighted by atomic mass is 10.3. The molecule has 3 aromatic rings. The van der Waals surface area contributed by atoms with E-state index in [1.165, 1.54) is 32.4 Å². The molecule has 0 unspecified atom stereocenters. The van der Waals surface area contributed by atoms with E-state index in [-0.39, 0.29) is 29.8 Å². The summed E-state index contributed by atoms with van der Waals surface area (Å²) in [5.74, 6) is -0.475. The van der Waals surface area contributed by atoms with Crippen molar-refractivity contribution in [3.05, 3.63) is 51.6 Å². The number of nitrogens with zero attached hydrogens (tertiary/aromatic N) is 4. The number of carbonyl (C=O) groups excluding carboxylic acids is 1. The van der Waals surface area contributed by atoms with E-state index in [4.69, 9.17) is 13.9 Å². The van der Waals surface area contributed by atoms with Gasteiger partial charge in [-0.3, -0.25) is 9.48 Å². The summed E-state index contributed by atoms with van der Waals surface area (Å²) in [4.78, 5) is 17.2. The first kappa shape index (κ1) is 22.8. The van der Waals surface area contributed by atoms with Gasteiger partial charge in [-0.25, -0.2) is 8.42 Å². The number of methoxy groups -OCH3 is 2. The highest BCUT2D eigenvalue weighted by Crippen LogP contribution is 2.32.